The SMILES string of the molecule is CN(CCO)C[C@@H]1CCCN1c1nc(Cl)nc(NNC(=O)[C@H](CC2CCCC2)CN(O)C=O)c1F. The number of likely N-dealkylation sites (N-methyl/N-ethyl adjacent to an activating group) is 1. The second kappa shape index (κ2) is 13.1. The summed E-state index contributed by atoms with van der Waals surface area (Å²) in [5.74, 6) is -1.79. The number of carbonyl (C=O) groups excluding carboxylic acids is 2. The number of aliphatic hydroxyl groups is 1. The number of hydrazine groups is 1. The van der Waals surface area contributed by atoms with E-state index in [-0.39, 0.29) is 42.5 Å². The molecule has 1 aromatic rings. The third kappa shape index (κ3) is 7.60. The van der Waals surface area contributed by atoms with Crippen molar-refractivity contribution in [2.24, 2.45) is 11.8 Å². The second-order valence-corrected chi connectivity index (χ2v) is 9.72. The summed E-state index contributed by atoms with van der Waals surface area (Å²) in [6, 6.07) is -0.0101. The van der Waals surface area contributed by atoms with Gasteiger partial charge in [-0.25, -0.2) is 5.06 Å². The minimum atomic E-state index is -0.740. The van der Waals surface area contributed by atoms with Crippen LogP contribution in [0.1, 0.15) is 44.9 Å². The molecule has 4 N–H and O–H groups in total. The number of anilines is 2. The van der Waals surface area contributed by atoms with Crippen molar-refractivity contribution in [3.63, 3.8) is 0 Å². The molecule has 1 saturated heterocycles. The third-order valence-electron chi connectivity index (χ3n) is 6.76. The molecule has 2 aliphatic rings. The van der Waals surface area contributed by atoms with Crippen LogP contribution >= 0.6 is 11.6 Å². The smallest absolute Gasteiger partial charge is 0.243 e. The molecule has 1 aliphatic carbocycles. The number of hydrogen-bond acceptors (Lipinski definition) is 9. The molecule has 1 saturated carbocycles. The molecule has 2 amide bonds. The number of amides is 2. The minimum Gasteiger partial charge on any atom is -0.395 e. The molecule has 2 heterocycles. The Hall–Kier alpha value is -2.28. The highest BCUT2D eigenvalue weighted by Crippen LogP contribution is 2.32. The first-order chi connectivity index (χ1) is 16.8. The molecular weight excluding hydrogens is 481 g/mol. The molecule has 0 spiro atoms. The van der Waals surface area contributed by atoms with Gasteiger partial charge in [-0.05, 0) is 43.8 Å². The van der Waals surface area contributed by atoms with Crippen LogP contribution in [-0.4, -0.2) is 88.4 Å². The number of hydroxylamine groups is 2. The van der Waals surface area contributed by atoms with Gasteiger partial charge in [0, 0.05) is 25.7 Å². The predicted octanol–water partition coefficient (Wildman–Crippen LogP) is 1.65. The highest BCUT2D eigenvalue weighted by atomic mass is 35.5. The molecule has 1 aromatic heterocycles. The van der Waals surface area contributed by atoms with Crippen molar-refractivity contribution in [3.05, 3.63) is 11.1 Å². The van der Waals surface area contributed by atoms with Crippen molar-refractivity contribution < 1.29 is 24.3 Å². The fourth-order valence-electron chi connectivity index (χ4n) is 5.01. The summed E-state index contributed by atoms with van der Waals surface area (Å²) in [5, 5.41) is 19.1. The molecule has 35 heavy (non-hydrogen) atoms. The van der Waals surface area contributed by atoms with Gasteiger partial charge in [-0.1, -0.05) is 25.7 Å². The fourth-order valence-corrected chi connectivity index (χ4v) is 5.18. The van der Waals surface area contributed by atoms with Crippen molar-refractivity contribution in [2.45, 2.75) is 51.0 Å². The number of nitrogens with zero attached hydrogens (tertiary/aromatic N) is 5. The van der Waals surface area contributed by atoms with E-state index < -0.39 is 17.6 Å². The van der Waals surface area contributed by atoms with Crippen LogP contribution in [-0.2, 0) is 9.59 Å². The summed E-state index contributed by atoms with van der Waals surface area (Å²) in [5.41, 5.74) is 4.98. The van der Waals surface area contributed by atoms with E-state index >= 15 is 4.39 Å². The molecule has 2 atom stereocenters. The lowest BCUT2D eigenvalue weighted by Gasteiger charge is -2.30. The summed E-state index contributed by atoms with van der Waals surface area (Å²) in [4.78, 5) is 35.6. The Morgan fingerprint density at radius 3 is 2.74 bits per heavy atom. The Labute approximate surface area is 209 Å². The van der Waals surface area contributed by atoms with Crippen molar-refractivity contribution >= 4 is 35.6 Å². The van der Waals surface area contributed by atoms with Gasteiger partial charge in [0.15, 0.2) is 11.6 Å². The maximum atomic E-state index is 15.4. The van der Waals surface area contributed by atoms with Crippen molar-refractivity contribution in [2.75, 3.05) is 50.2 Å². The molecule has 0 aromatic carbocycles. The van der Waals surface area contributed by atoms with E-state index in [0.717, 1.165) is 38.5 Å². The van der Waals surface area contributed by atoms with Crippen LogP contribution in [0.2, 0.25) is 5.28 Å². The van der Waals surface area contributed by atoms with Gasteiger partial charge in [0.2, 0.25) is 23.4 Å². The van der Waals surface area contributed by atoms with Crippen LogP contribution in [0, 0.1) is 17.7 Å². The van der Waals surface area contributed by atoms with Crippen LogP contribution in [0.3, 0.4) is 0 Å². The van der Waals surface area contributed by atoms with Gasteiger partial charge < -0.3 is 14.9 Å². The Balaban J connectivity index is 1.70. The molecule has 2 fully saturated rings. The third-order valence-corrected chi connectivity index (χ3v) is 6.93. The monoisotopic (exact) mass is 515 g/mol. The normalized spacial score (nSPS) is 19.3. The van der Waals surface area contributed by atoms with Gasteiger partial charge >= 0.3 is 0 Å². The lowest BCUT2D eigenvalue weighted by Crippen LogP contribution is -2.42. The van der Waals surface area contributed by atoms with Gasteiger partial charge in [0.05, 0.1) is 19.1 Å². The Bertz CT molecular complexity index is 861. The van der Waals surface area contributed by atoms with E-state index in [1.807, 2.05) is 16.8 Å². The zero-order valence-corrected chi connectivity index (χ0v) is 20.8. The lowest BCUT2D eigenvalue weighted by molar-refractivity contribution is -0.154. The van der Waals surface area contributed by atoms with Crippen molar-refractivity contribution in [1.82, 2.24) is 25.4 Å². The zero-order chi connectivity index (χ0) is 25.4. The highest BCUT2D eigenvalue weighted by Gasteiger charge is 2.31. The number of aliphatic hydroxyl groups excluding tert-OH is 1. The van der Waals surface area contributed by atoms with E-state index in [1.54, 1.807) is 0 Å². The van der Waals surface area contributed by atoms with Crippen LogP contribution in [0.15, 0.2) is 0 Å². The summed E-state index contributed by atoms with van der Waals surface area (Å²) >= 11 is 6.09. The Morgan fingerprint density at radius 2 is 2.06 bits per heavy atom. The zero-order valence-electron chi connectivity index (χ0n) is 20.0. The first-order valence-electron chi connectivity index (χ1n) is 12.1. The maximum Gasteiger partial charge on any atom is 0.243 e. The standard InChI is InChI=1S/C22H35ClFN7O4/c1-29(9-10-32)13-17-7-4-8-31(17)20-18(24)19(25-22(23)26-20)27-28-21(34)16(12-30(35)14-33)11-15-5-2-3-6-15/h14-17,32,35H,2-13H2,1H3,(H,28,34)(H,25,26,27)/t16-,17+/m1/s1. The van der Waals surface area contributed by atoms with E-state index in [1.165, 1.54) is 0 Å². The van der Waals surface area contributed by atoms with Crippen LogP contribution < -0.4 is 15.8 Å². The molecule has 3 rings (SSSR count). The molecule has 196 valence electrons. The second-order valence-electron chi connectivity index (χ2n) is 9.38. The molecule has 1 aliphatic heterocycles. The van der Waals surface area contributed by atoms with E-state index in [0.29, 0.717) is 37.0 Å². The summed E-state index contributed by atoms with van der Waals surface area (Å²) in [7, 11) is 1.89. The highest BCUT2D eigenvalue weighted by molar-refractivity contribution is 6.28. The van der Waals surface area contributed by atoms with Crippen LogP contribution in [0.4, 0.5) is 16.0 Å². The first-order valence-corrected chi connectivity index (χ1v) is 12.5. The summed E-state index contributed by atoms with van der Waals surface area (Å²) in [6.07, 6.45) is 6.63. The number of rotatable bonds is 13. The molecule has 0 bridgehead atoms. The number of carbonyl (C=O) groups is 2. The average molecular weight is 516 g/mol. The van der Waals surface area contributed by atoms with Gasteiger partial charge in [-0.15, -0.1) is 0 Å². The Kier molecular flexibility index (Phi) is 10.3. The van der Waals surface area contributed by atoms with Crippen LogP contribution in [0.5, 0.6) is 0 Å². The Morgan fingerprint density at radius 1 is 1.31 bits per heavy atom. The average Bonchev–Trinajstić information content (AvgIpc) is 3.51. The fraction of sp³-hybridized carbons (Fsp3) is 0.727. The number of aromatic nitrogens is 2. The predicted molar refractivity (Wildman–Crippen MR) is 128 cm³/mol. The number of hydrogen-bond donors (Lipinski definition) is 4. The number of halogens is 2. The molecule has 11 nitrogen and oxygen atoms in total. The lowest BCUT2D eigenvalue weighted by atomic mass is 9.92. The molecule has 13 heteroatoms. The molecule has 0 radical (unpaired) electrons. The molecular formula is C22H35ClFN7O4. The molecule has 0 unspecified atom stereocenters. The van der Waals surface area contributed by atoms with Gasteiger partial charge in [0.1, 0.15) is 0 Å². The van der Waals surface area contributed by atoms with E-state index in [4.69, 9.17) is 16.7 Å². The van der Waals surface area contributed by atoms with Gasteiger partial charge in [-0.3, -0.25) is 25.6 Å². The quantitative estimate of drug-likeness (QED) is 0.134. The summed E-state index contributed by atoms with van der Waals surface area (Å²) < 4.78 is 15.4. The van der Waals surface area contributed by atoms with E-state index in [9.17, 15) is 14.8 Å². The van der Waals surface area contributed by atoms with Crippen LogP contribution in [0.25, 0.3) is 0 Å². The topological polar surface area (TPSA) is 134 Å². The summed E-state index contributed by atoms with van der Waals surface area (Å²) in [6.45, 7) is 1.59. The van der Waals surface area contributed by atoms with Crippen molar-refractivity contribution in [1.29, 1.82) is 0 Å². The van der Waals surface area contributed by atoms with Gasteiger partial charge in [0.25, 0.3) is 0 Å². The maximum absolute atomic E-state index is 15.4. The number of nitrogens with one attached hydrogen (secondary N) is 2. The van der Waals surface area contributed by atoms with E-state index in [2.05, 4.69) is 20.8 Å². The van der Waals surface area contributed by atoms with Crippen molar-refractivity contribution in [3.8, 4) is 0 Å². The minimum absolute atomic E-state index is 0.0101. The van der Waals surface area contributed by atoms with Gasteiger partial charge in [-0.2, -0.15) is 14.4 Å². The first kappa shape index (κ1) is 27.3. The largest absolute Gasteiger partial charge is 0.395 e.